The molecule has 3 heteroatoms. The second kappa shape index (κ2) is 5.35. The van der Waals surface area contributed by atoms with Gasteiger partial charge < -0.3 is 5.32 Å². The van der Waals surface area contributed by atoms with Crippen LogP contribution < -0.4 is 5.32 Å². The molecule has 0 aliphatic heterocycles. The molecule has 1 unspecified atom stereocenters. The molecule has 1 atom stereocenters. The summed E-state index contributed by atoms with van der Waals surface area (Å²) in [6, 6.07) is 8.22. The molecule has 72 valence electrons. The number of hydrogen-bond donors (Lipinski definition) is 1. The van der Waals surface area contributed by atoms with Crippen LogP contribution in [-0.4, -0.2) is 13.2 Å². The molecular formula is C10H13BrFN. The van der Waals surface area contributed by atoms with Gasteiger partial charge in [0, 0.05) is 17.1 Å². The zero-order chi connectivity index (χ0) is 9.68. The third-order valence-electron chi connectivity index (χ3n) is 1.89. The average molecular weight is 246 g/mol. The van der Waals surface area contributed by atoms with Crippen molar-refractivity contribution >= 4 is 15.9 Å². The van der Waals surface area contributed by atoms with Crippen molar-refractivity contribution in [2.75, 3.05) is 13.2 Å². The first-order valence-corrected chi connectivity index (χ1v) is 5.08. The Bertz CT molecular complexity index is 265. The van der Waals surface area contributed by atoms with Crippen molar-refractivity contribution in [1.29, 1.82) is 0 Å². The predicted molar refractivity (Wildman–Crippen MR) is 56.5 cm³/mol. The molecule has 0 saturated heterocycles. The van der Waals surface area contributed by atoms with Gasteiger partial charge in [-0.3, -0.25) is 0 Å². The molecule has 0 aliphatic rings. The van der Waals surface area contributed by atoms with Crippen LogP contribution in [0.3, 0.4) is 0 Å². The van der Waals surface area contributed by atoms with Crippen molar-refractivity contribution in [3.63, 3.8) is 0 Å². The number of rotatable bonds is 4. The molecule has 13 heavy (non-hydrogen) atoms. The lowest BCUT2D eigenvalue weighted by Crippen LogP contribution is -2.20. The molecule has 1 rings (SSSR count). The zero-order valence-electron chi connectivity index (χ0n) is 7.56. The average Bonchev–Trinajstić information content (AvgIpc) is 2.14. The summed E-state index contributed by atoms with van der Waals surface area (Å²) in [5, 5.41) is 3.08. The summed E-state index contributed by atoms with van der Waals surface area (Å²) >= 11 is 3.40. The Labute approximate surface area is 86.5 Å². The van der Waals surface area contributed by atoms with Crippen LogP contribution in [0.2, 0.25) is 0 Å². The normalized spacial score (nSPS) is 12.8. The molecule has 1 aromatic carbocycles. The van der Waals surface area contributed by atoms with Crippen molar-refractivity contribution in [2.24, 2.45) is 0 Å². The Morgan fingerprint density at radius 3 is 2.92 bits per heavy atom. The maximum atomic E-state index is 11.9. The highest BCUT2D eigenvalue weighted by atomic mass is 79.9. The second-order valence-electron chi connectivity index (χ2n) is 2.92. The summed E-state index contributed by atoms with van der Waals surface area (Å²) in [6.45, 7) is 2.11. The van der Waals surface area contributed by atoms with Crippen LogP contribution in [0.15, 0.2) is 28.7 Å². The number of alkyl halides is 1. The van der Waals surface area contributed by atoms with E-state index in [9.17, 15) is 4.39 Å². The third-order valence-corrected chi connectivity index (χ3v) is 2.39. The first-order valence-electron chi connectivity index (χ1n) is 4.29. The number of hydrogen-bond acceptors (Lipinski definition) is 1. The fourth-order valence-corrected chi connectivity index (χ4v) is 1.58. The number of benzene rings is 1. The molecule has 0 fully saturated rings. The molecule has 0 bridgehead atoms. The Kier molecular flexibility index (Phi) is 4.39. The minimum absolute atomic E-state index is 0.202. The SMILES string of the molecule is CC(NCCF)c1cccc(Br)c1. The predicted octanol–water partition coefficient (Wildman–Crippen LogP) is 3.07. The molecule has 0 radical (unpaired) electrons. The van der Waals surface area contributed by atoms with E-state index in [0.717, 1.165) is 4.47 Å². The zero-order valence-corrected chi connectivity index (χ0v) is 9.14. The van der Waals surface area contributed by atoms with Gasteiger partial charge in [0.1, 0.15) is 6.67 Å². The molecule has 0 aliphatic carbocycles. The largest absolute Gasteiger partial charge is 0.308 e. The summed E-state index contributed by atoms with van der Waals surface area (Å²) in [7, 11) is 0. The van der Waals surface area contributed by atoms with E-state index in [-0.39, 0.29) is 12.7 Å². The van der Waals surface area contributed by atoms with Crippen molar-refractivity contribution in [3.05, 3.63) is 34.3 Å². The fourth-order valence-electron chi connectivity index (χ4n) is 1.16. The van der Waals surface area contributed by atoms with Gasteiger partial charge in [-0.15, -0.1) is 0 Å². The molecule has 0 heterocycles. The van der Waals surface area contributed by atoms with Crippen LogP contribution in [0.25, 0.3) is 0 Å². The lowest BCUT2D eigenvalue weighted by Gasteiger charge is -2.12. The fraction of sp³-hybridized carbons (Fsp3) is 0.400. The van der Waals surface area contributed by atoms with E-state index in [4.69, 9.17) is 0 Å². The van der Waals surface area contributed by atoms with E-state index in [1.165, 1.54) is 5.56 Å². The summed E-state index contributed by atoms with van der Waals surface area (Å²) < 4.78 is 12.9. The summed E-state index contributed by atoms with van der Waals surface area (Å²) in [5.74, 6) is 0. The van der Waals surface area contributed by atoms with Gasteiger partial charge in [-0.05, 0) is 24.6 Å². The summed E-state index contributed by atoms with van der Waals surface area (Å²) in [6.07, 6.45) is 0. The summed E-state index contributed by atoms with van der Waals surface area (Å²) in [5.41, 5.74) is 1.17. The lowest BCUT2D eigenvalue weighted by atomic mass is 10.1. The Morgan fingerprint density at radius 2 is 2.31 bits per heavy atom. The first-order chi connectivity index (χ1) is 6.24. The van der Waals surface area contributed by atoms with Crippen LogP contribution in [0.1, 0.15) is 18.5 Å². The molecular weight excluding hydrogens is 233 g/mol. The van der Waals surface area contributed by atoms with Gasteiger partial charge in [-0.2, -0.15) is 0 Å². The maximum Gasteiger partial charge on any atom is 0.102 e. The minimum atomic E-state index is -0.321. The highest BCUT2D eigenvalue weighted by Crippen LogP contribution is 2.17. The lowest BCUT2D eigenvalue weighted by molar-refractivity contribution is 0.444. The highest BCUT2D eigenvalue weighted by molar-refractivity contribution is 9.10. The molecule has 0 spiro atoms. The van der Waals surface area contributed by atoms with Crippen LogP contribution >= 0.6 is 15.9 Å². The van der Waals surface area contributed by atoms with Gasteiger partial charge in [0.05, 0.1) is 0 Å². The Morgan fingerprint density at radius 1 is 1.54 bits per heavy atom. The summed E-state index contributed by atoms with van der Waals surface area (Å²) in [4.78, 5) is 0. The van der Waals surface area contributed by atoms with E-state index in [1.54, 1.807) is 0 Å². The topological polar surface area (TPSA) is 12.0 Å². The van der Waals surface area contributed by atoms with Gasteiger partial charge in [0.25, 0.3) is 0 Å². The molecule has 1 N–H and O–H groups in total. The Hall–Kier alpha value is -0.410. The van der Waals surface area contributed by atoms with Crippen molar-refractivity contribution in [2.45, 2.75) is 13.0 Å². The molecule has 1 nitrogen and oxygen atoms in total. The van der Waals surface area contributed by atoms with E-state index >= 15 is 0 Å². The van der Waals surface area contributed by atoms with E-state index in [0.29, 0.717) is 6.54 Å². The molecule has 0 saturated carbocycles. The first kappa shape index (κ1) is 10.7. The van der Waals surface area contributed by atoms with Crippen molar-refractivity contribution in [1.82, 2.24) is 5.32 Å². The monoisotopic (exact) mass is 245 g/mol. The third kappa shape index (κ3) is 3.44. The molecule has 1 aromatic rings. The van der Waals surface area contributed by atoms with Crippen molar-refractivity contribution < 1.29 is 4.39 Å². The van der Waals surface area contributed by atoms with Crippen LogP contribution in [-0.2, 0) is 0 Å². The standard InChI is InChI=1S/C10H13BrFN/c1-8(13-6-5-12)9-3-2-4-10(11)7-9/h2-4,7-8,13H,5-6H2,1H3. The van der Waals surface area contributed by atoms with Crippen LogP contribution in [0, 0.1) is 0 Å². The van der Waals surface area contributed by atoms with Gasteiger partial charge in [0.15, 0.2) is 0 Å². The van der Waals surface area contributed by atoms with Crippen LogP contribution in [0.5, 0.6) is 0 Å². The number of nitrogens with one attached hydrogen (secondary N) is 1. The smallest absolute Gasteiger partial charge is 0.102 e. The van der Waals surface area contributed by atoms with Crippen molar-refractivity contribution in [3.8, 4) is 0 Å². The van der Waals surface area contributed by atoms with Gasteiger partial charge >= 0.3 is 0 Å². The molecule has 0 amide bonds. The van der Waals surface area contributed by atoms with E-state index < -0.39 is 0 Å². The van der Waals surface area contributed by atoms with Gasteiger partial charge in [0.2, 0.25) is 0 Å². The van der Waals surface area contributed by atoms with E-state index in [2.05, 4.69) is 21.2 Å². The molecule has 0 aromatic heterocycles. The van der Waals surface area contributed by atoms with Gasteiger partial charge in [-0.25, -0.2) is 4.39 Å². The Balaban J connectivity index is 2.60. The maximum absolute atomic E-state index is 11.9. The number of halogens is 2. The van der Waals surface area contributed by atoms with Crippen LogP contribution in [0.4, 0.5) is 4.39 Å². The van der Waals surface area contributed by atoms with E-state index in [1.807, 2.05) is 31.2 Å². The highest BCUT2D eigenvalue weighted by Gasteiger charge is 2.03. The minimum Gasteiger partial charge on any atom is -0.308 e. The van der Waals surface area contributed by atoms with Gasteiger partial charge in [-0.1, -0.05) is 28.1 Å². The quantitative estimate of drug-likeness (QED) is 0.860. The second-order valence-corrected chi connectivity index (χ2v) is 3.84.